The standard InChI is InChI=1S/C15H26N2O3Si.C8H12N2O3.C7H16OSi/c1-12(21(5,6)7)9-11-19-13-8-10-17(16-13)14(18)20-15(2,3)4;1-8(2,3)13-7(12)10-5-4-6(11)9-10;1-7(5-6-8)9(2,3)4/h8,10H,1,9,11H2,2-7H3;4-5H,1-3H3,(H,9,11);8H,1,5-6H2,2-4H3. The fourth-order valence-electron chi connectivity index (χ4n) is 2.71. The predicted molar refractivity (Wildman–Crippen MR) is 177 cm³/mol. The summed E-state index contributed by atoms with van der Waals surface area (Å²) < 4.78 is 17.9. The summed E-state index contributed by atoms with van der Waals surface area (Å²) in [5, 5.41) is 17.4. The third-order valence-corrected chi connectivity index (χ3v) is 10.3. The molecule has 0 atom stereocenters. The minimum Gasteiger partial charge on any atom is -0.476 e. The highest BCUT2D eigenvalue weighted by Crippen LogP contribution is 2.17. The molecule has 0 aliphatic heterocycles. The van der Waals surface area contributed by atoms with Crippen molar-refractivity contribution in [1.82, 2.24) is 19.6 Å². The molecule has 11 nitrogen and oxygen atoms in total. The number of ether oxygens (including phenoxy) is 3. The average Bonchev–Trinajstić information content (AvgIpc) is 3.46. The number of hydrogen-bond acceptors (Lipinski definition) is 8. The maximum Gasteiger partial charge on any atom is 0.435 e. The van der Waals surface area contributed by atoms with Crippen LogP contribution in [0.4, 0.5) is 9.59 Å². The summed E-state index contributed by atoms with van der Waals surface area (Å²) in [5.74, 6) is 0.421. The van der Waals surface area contributed by atoms with Crippen LogP contribution in [-0.2, 0) is 9.47 Å². The van der Waals surface area contributed by atoms with Gasteiger partial charge in [-0.1, -0.05) is 49.7 Å². The molecule has 0 aliphatic carbocycles. The van der Waals surface area contributed by atoms with E-state index in [0.717, 1.165) is 22.2 Å². The van der Waals surface area contributed by atoms with Gasteiger partial charge in [0.1, 0.15) is 11.2 Å². The molecule has 2 N–H and O–H groups in total. The number of aliphatic hydroxyl groups is 1. The molecule has 0 aliphatic rings. The Morgan fingerprint density at radius 1 is 0.860 bits per heavy atom. The van der Waals surface area contributed by atoms with Gasteiger partial charge >= 0.3 is 12.2 Å². The van der Waals surface area contributed by atoms with Gasteiger partial charge in [0, 0.05) is 31.1 Å². The number of aromatic amines is 1. The summed E-state index contributed by atoms with van der Waals surface area (Å²) in [7, 11) is -2.45. The zero-order valence-corrected chi connectivity index (χ0v) is 30.3. The van der Waals surface area contributed by atoms with Gasteiger partial charge < -0.3 is 19.3 Å². The van der Waals surface area contributed by atoms with E-state index in [0.29, 0.717) is 12.5 Å². The van der Waals surface area contributed by atoms with Gasteiger partial charge in [0.2, 0.25) is 5.88 Å². The Kier molecular flexibility index (Phi) is 15.4. The molecular weight excluding hydrogens is 585 g/mol. The highest BCUT2D eigenvalue weighted by atomic mass is 28.3. The number of carbonyl (C=O) groups is 2. The molecule has 0 saturated heterocycles. The first-order valence-electron chi connectivity index (χ1n) is 14.3. The SMILES string of the molecule is C=C(CCO)[Si](C)(C)C.C=C(CCOc1ccn(C(=O)OC(C)(C)C)n1)[Si](C)(C)C.CC(C)(C)OC(=O)n1ccc(=O)[nH]1. The Morgan fingerprint density at radius 3 is 1.74 bits per heavy atom. The summed E-state index contributed by atoms with van der Waals surface area (Å²) in [5.41, 5.74) is -1.43. The van der Waals surface area contributed by atoms with Crippen molar-refractivity contribution >= 4 is 28.3 Å². The first-order chi connectivity index (χ1) is 19.4. The molecule has 0 fully saturated rings. The van der Waals surface area contributed by atoms with Gasteiger partial charge in [-0.3, -0.25) is 9.89 Å². The number of aliphatic hydroxyl groups excluding tert-OH is 1. The quantitative estimate of drug-likeness (QED) is 0.307. The number of carbonyl (C=O) groups excluding carboxylic acids is 2. The topological polar surface area (TPSA) is 138 Å². The molecule has 0 radical (unpaired) electrons. The molecule has 2 aromatic rings. The van der Waals surface area contributed by atoms with Gasteiger partial charge in [0.15, 0.2) is 0 Å². The van der Waals surface area contributed by atoms with Crippen molar-refractivity contribution in [3.05, 3.63) is 58.4 Å². The van der Waals surface area contributed by atoms with Crippen LogP contribution in [0.3, 0.4) is 0 Å². The van der Waals surface area contributed by atoms with Gasteiger partial charge in [-0.05, 0) is 54.4 Å². The second-order valence-corrected chi connectivity index (χ2v) is 24.4. The fraction of sp³-hybridized carbons (Fsp3) is 0.600. The van der Waals surface area contributed by atoms with Crippen molar-refractivity contribution in [2.24, 2.45) is 0 Å². The second-order valence-electron chi connectivity index (χ2n) is 14.0. The summed E-state index contributed by atoms with van der Waals surface area (Å²) in [6.45, 7) is 33.0. The van der Waals surface area contributed by atoms with Gasteiger partial charge in [-0.25, -0.2) is 9.59 Å². The van der Waals surface area contributed by atoms with Gasteiger partial charge in [0.05, 0.1) is 22.8 Å². The van der Waals surface area contributed by atoms with E-state index in [9.17, 15) is 14.4 Å². The third-order valence-electron chi connectivity index (χ3n) is 5.53. The van der Waals surface area contributed by atoms with Crippen molar-refractivity contribution in [2.75, 3.05) is 13.2 Å². The van der Waals surface area contributed by atoms with E-state index in [1.54, 1.807) is 26.8 Å². The molecule has 0 bridgehead atoms. The largest absolute Gasteiger partial charge is 0.476 e. The lowest BCUT2D eigenvalue weighted by atomic mass is 10.2. The number of rotatable bonds is 8. The maximum atomic E-state index is 11.8. The summed E-state index contributed by atoms with van der Waals surface area (Å²) in [4.78, 5) is 33.7. The zero-order valence-electron chi connectivity index (χ0n) is 28.3. The highest BCUT2D eigenvalue weighted by molar-refractivity contribution is 6.83. The van der Waals surface area contributed by atoms with Crippen molar-refractivity contribution in [3.63, 3.8) is 0 Å². The summed E-state index contributed by atoms with van der Waals surface area (Å²) >= 11 is 0. The van der Waals surface area contributed by atoms with Gasteiger partial charge in [0.25, 0.3) is 5.56 Å². The lowest BCUT2D eigenvalue weighted by Crippen LogP contribution is -2.28. The monoisotopic (exact) mass is 638 g/mol. The minimum atomic E-state index is -1.31. The van der Waals surface area contributed by atoms with Crippen LogP contribution >= 0.6 is 0 Å². The molecule has 0 aromatic carbocycles. The zero-order chi connectivity index (χ0) is 33.8. The van der Waals surface area contributed by atoms with Crippen LogP contribution in [0.5, 0.6) is 5.88 Å². The number of hydrogen-bond donors (Lipinski definition) is 2. The highest BCUT2D eigenvalue weighted by Gasteiger charge is 2.20. The first kappa shape index (κ1) is 39.8. The van der Waals surface area contributed by atoms with E-state index < -0.39 is 39.5 Å². The van der Waals surface area contributed by atoms with E-state index in [1.165, 1.54) is 28.9 Å². The van der Waals surface area contributed by atoms with Crippen molar-refractivity contribution in [3.8, 4) is 5.88 Å². The van der Waals surface area contributed by atoms with Crippen LogP contribution in [0.1, 0.15) is 54.4 Å². The molecule has 13 heteroatoms. The first-order valence-corrected chi connectivity index (χ1v) is 21.3. The van der Waals surface area contributed by atoms with E-state index in [2.05, 4.69) is 62.6 Å². The molecule has 2 rings (SSSR count). The van der Waals surface area contributed by atoms with Crippen LogP contribution in [0.25, 0.3) is 0 Å². The fourth-order valence-corrected chi connectivity index (χ4v) is 4.43. The Bertz CT molecular complexity index is 1250. The maximum absolute atomic E-state index is 11.8. The number of H-pyrrole nitrogens is 1. The molecule has 0 amide bonds. The van der Waals surface area contributed by atoms with E-state index in [-0.39, 0.29) is 12.2 Å². The Labute approximate surface area is 258 Å². The van der Waals surface area contributed by atoms with Crippen molar-refractivity contribution in [1.29, 1.82) is 0 Å². The molecule has 2 heterocycles. The molecule has 0 saturated carbocycles. The second kappa shape index (κ2) is 16.6. The Balaban J connectivity index is 0.000000682. The van der Waals surface area contributed by atoms with E-state index >= 15 is 0 Å². The molecular formula is C30H54N4O7Si2. The van der Waals surface area contributed by atoms with Crippen molar-refractivity contribution < 1.29 is 28.9 Å². The normalized spacial score (nSPS) is 11.7. The Morgan fingerprint density at radius 2 is 1.35 bits per heavy atom. The van der Waals surface area contributed by atoms with E-state index in [1.807, 2.05) is 20.8 Å². The van der Waals surface area contributed by atoms with Crippen LogP contribution < -0.4 is 10.3 Å². The molecule has 2 aromatic heterocycles. The van der Waals surface area contributed by atoms with Crippen LogP contribution in [0.2, 0.25) is 39.3 Å². The third kappa shape index (κ3) is 18.2. The number of nitrogens with one attached hydrogen (secondary N) is 1. The summed E-state index contributed by atoms with van der Waals surface area (Å²) in [6.07, 6.45) is 3.37. The van der Waals surface area contributed by atoms with Crippen molar-refractivity contribution in [2.45, 2.75) is 105 Å². The number of nitrogens with zero attached hydrogens (tertiary/aromatic N) is 3. The van der Waals surface area contributed by atoms with Gasteiger partial charge in [-0.15, -0.1) is 18.3 Å². The average molecular weight is 639 g/mol. The lowest BCUT2D eigenvalue weighted by Gasteiger charge is -2.19. The molecule has 244 valence electrons. The number of aromatic nitrogens is 4. The Hall–Kier alpha value is -3.17. The van der Waals surface area contributed by atoms with Crippen LogP contribution in [-0.4, -0.2) is 77.4 Å². The van der Waals surface area contributed by atoms with E-state index in [4.69, 9.17) is 19.3 Å². The predicted octanol–water partition coefficient (Wildman–Crippen LogP) is 6.63. The lowest BCUT2D eigenvalue weighted by molar-refractivity contribution is 0.0502. The summed E-state index contributed by atoms with van der Waals surface area (Å²) in [6, 6.07) is 2.91. The smallest absolute Gasteiger partial charge is 0.435 e. The molecule has 43 heavy (non-hydrogen) atoms. The minimum absolute atomic E-state index is 0.253. The molecule has 0 spiro atoms. The van der Waals surface area contributed by atoms with Crippen LogP contribution in [0.15, 0.2) is 52.9 Å². The van der Waals surface area contributed by atoms with Gasteiger partial charge in [-0.2, -0.15) is 9.36 Å². The van der Waals surface area contributed by atoms with Crippen LogP contribution in [0, 0.1) is 0 Å². The molecule has 0 unspecified atom stereocenters.